The second kappa shape index (κ2) is 4.40. The number of aldehydes is 1. The maximum Gasteiger partial charge on any atom is 0.167 e. The average Bonchev–Trinajstić information content (AvgIpc) is 2.67. The van der Waals surface area contributed by atoms with E-state index in [9.17, 15) is 4.79 Å². The molecule has 0 saturated heterocycles. The van der Waals surface area contributed by atoms with Gasteiger partial charge in [-0.05, 0) is 5.92 Å². The first kappa shape index (κ1) is 9.44. The van der Waals surface area contributed by atoms with Crippen molar-refractivity contribution in [2.24, 2.45) is 5.92 Å². The highest BCUT2D eigenvalue weighted by atomic mass is 16.1. The number of nitrogens with one attached hydrogen (secondary N) is 1. The van der Waals surface area contributed by atoms with Gasteiger partial charge in [0.15, 0.2) is 6.29 Å². The molecule has 1 aromatic rings. The minimum absolute atomic E-state index is 0.593. The van der Waals surface area contributed by atoms with Crippen LogP contribution in [-0.2, 0) is 6.42 Å². The molecule has 3 heteroatoms. The van der Waals surface area contributed by atoms with Crippen molar-refractivity contribution < 1.29 is 4.79 Å². The third-order valence-electron chi connectivity index (χ3n) is 2.98. The van der Waals surface area contributed by atoms with E-state index >= 15 is 0 Å². The zero-order valence-corrected chi connectivity index (χ0v) is 8.33. The molecule has 0 aliphatic heterocycles. The molecule has 1 aliphatic rings. The molecular formula is C11H16N2O. The molecule has 0 aromatic carbocycles. The minimum atomic E-state index is 0.593. The number of aromatic amines is 1. The molecule has 0 bridgehead atoms. The van der Waals surface area contributed by atoms with Crippen LogP contribution < -0.4 is 0 Å². The fourth-order valence-corrected chi connectivity index (χ4v) is 2.21. The number of carbonyl (C=O) groups excluding carboxylic acids is 1. The van der Waals surface area contributed by atoms with Gasteiger partial charge in [-0.3, -0.25) is 4.79 Å². The third kappa shape index (κ3) is 2.22. The Morgan fingerprint density at radius 3 is 2.86 bits per heavy atom. The Balaban J connectivity index is 1.92. The van der Waals surface area contributed by atoms with Gasteiger partial charge in [0.25, 0.3) is 0 Å². The Kier molecular flexibility index (Phi) is 2.96. The smallest absolute Gasteiger partial charge is 0.167 e. The molecule has 0 atom stereocenters. The van der Waals surface area contributed by atoms with Gasteiger partial charge in [-0.1, -0.05) is 32.1 Å². The van der Waals surface area contributed by atoms with Crippen LogP contribution in [0.3, 0.4) is 0 Å². The topological polar surface area (TPSA) is 45.8 Å². The predicted molar refractivity (Wildman–Crippen MR) is 54.3 cm³/mol. The van der Waals surface area contributed by atoms with E-state index in [1.807, 2.05) is 0 Å². The summed E-state index contributed by atoms with van der Waals surface area (Å²) < 4.78 is 0. The molecule has 3 nitrogen and oxygen atoms in total. The summed E-state index contributed by atoms with van der Waals surface area (Å²) >= 11 is 0. The predicted octanol–water partition coefficient (Wildman–Crippen LogP) is 2.34. The number of aromatic nitrogens is 2. The summed E-state index contributed by atoms with van der Waals surface area (Å²) in [5.74, 6) is 1.74. The van der Waals surface area contributed by atoms with Gasteiger partial charge in [-0.25, -0.2) is 4.98 Å². The Morgan fingerprint density at radius 1 is 1.43 bits per heavy atom. The van der Waals surface area contributed by atoms with Gasteiger partial charge in [0.1, 0.15) is 5.82 Å². The fourth-order valence-electron chi connectivity index (χ4n) is 2.21. The molecule has 1 heterocycles. The molecule has 1 aromatic heterocycles. The lowest BCUT2D eigenvalue weighted by molar-refractivity contribution is 0.111. The zero-order valence-electron chi connectivity index (χ0n) is 8.33. The summed E-state index contributed by atoms with van der Waals surface area (Å²) in [6, 6.07) is 0. The minimum Gasteiger partial charge on any atom is -0.340 e. The van der Waals surface area contributed by atoms with Crippen LogP contribution in [0, 0.1) is 5.92 Å². The maximum atomic E-state index is 10.4. The van der Waals surface area contributed by atoms with E-state index in [-0.39, 0.29) is 0 Å². The monoisotopic (exact) mass is 192 g/mol. The van der Waals surface area contributed by atoms with Gasteiger partial charge in [0.2, 0.25) is 0 Å². The first-order chi connectivity index (χ1) is 6.88. The van der Waals surface area contributed by atoms with Crippen molar-refractivity contribution in [2.75, 3.05) is 0 Å². The van der Waals surface area contributed by atoms with Crippen molar-refractivity contribution in [1.29, 1.82) is 0 Å². The largest absolute Gasteiger partial charge is 0.340 e. The second-order valence-electron chi connectivity index (χ2n) is 4.11. The number of hydrogen-bond acceptors (Lipinski definition) is 2. The van der Waals surface area contributed by atoms with Crippen LogP contribution in [0.25, 0.3) is 0 Å². The number of rotatable bonds is 3. The third-order valence-corrected chi connectivity index (χ3v) is 2.98. The summed E-state index contributed by atoms with van der Waals surface area (Å²) in [5.41, 5.74) is 0.593. The first-order valence-electron chi connectivity index (χ1n) is 5.37. The molecule has 1 saturated carbocycles. The van der Waals surface area contributed by atoms with Crippen LogP contribution >= 0.6 is 0 Å². The van der Waals surface area contributed by atoms with Crippen molar-refractivity contribution in [3.05, 3.63) is 17.7 Å². The van der Waals surface area contributed by atoms with Gasteiger partial charge < -0.3 is 4.98 Å². The van der Waals surface area contributed by atoms with Crippen LogP contribution in [0.15, 0.2) is 6.20 Å². The van der Waals surface area contributed by atoms with Crippen LogP contribution in [0.5, 0.6) is 0 Å². The van der Waals surface area contributed by atoms with Crippen molar-refractivity contribution >= 4 is 6.29 Å². The zero-order chi connectivity index (χ0) is 9.80. The molecule has 0 spiro atoms. The maximum absolute atomic E-state index is 10.4. The Bertz CT molecular complexity index is 300. The summed E-state index contributed by atoms with van der Waals surface area (Å²) in [6.45, 7) is 0. The molecule has 14 heavy (non-hydrogen) atoms. The molecule has 1 N–H and O–H groups in total. The number of H-pyrrole nitrogens is 1. The average molecular weight is 192 g/mol. The number of nitrogens with zero attached hydrogens (tertiary/aromatic N) is 1. The molecule has 2 rings (SSSR count). The lowest BCUT2D eigenvalue weighted by Crippen LogP contribution is -2.10. The molecule has 0 unspecified atom stereocenters. The lowest BCUT2D eigenvalue weighted by atomic mass is 9.87. The Hall–Kier alpha value is -1.12. The number of carbonyl (C=O) groups is 1. The van der Waals surface area contributed by atoms with E-state index < -0.39 is 0 Å². The van der Waals surface area contributed by atoms with Gasteiger partial charge >= 0.3 is 0 Å². The van der Waals surface area contributed by atoms with Crippen molar-refractivity contribution in [2.45, 2.75) is 38.5 Å². The van der Waals surface area contributed by atoms with Crippen LogP contribution in [0.1, 0.15) is 48.4 Å². The highest BCUT2D eigenvalue weighted by Crippen LogP contribution is 2.25. The Labute approximate surface area is 83.9 Å². The first-order valence-corrected chi connectivity index (χ1v) is 5.37. The van der Waals surface area contributed by atoms with E-state index in [0.29, 0.717) is 5.69 Å². The van der Waals surface area contributed by atoms with Crippen molar-refractivity contribution in [3.63, 3.8) is 0 Å². The van der Waals surface area contributed by atoms with Crippen LogP contribution in [-0.4, -0.2) is 16.3 Å². The summed E-state index contributed by atoms with van der Waals surface area (Å²) in [6.07, 6.45) is 10.2. The highest BCUT2D eigenvalue weighted by Gasteiger charge is 2.15. The van der Waals surface area contributed by atoms with Gasteiger partial charge in [0, 0.05) is 6.42 Å². The fraction of sp³-hybridized carbons (Fsp3) is 0.636. The van der Waals surface area contributed by atoms with Gasteiger partial charge in [-0.2, -0.15) is 0 Å². The molecule has 76 valence electrons. The van der Waals surface area contributed by atoms with Crippen molar-refractivity contribution in [3.8, 4) is 0 Å². The van der Waals surface area contributed by atoms with E-state index in [1.165, 1.54) is 32.1 Å². The number of hydrogen-bond donors (Lipinski definition) is 1. The van der Waals surface area contributed by atoms with Crippen molar-refractivity contribution in [1.82, 2.24) is 9.97 Å². The standard InChI is InChI=1S/C11H16N2O/c14-8-10-7-12-11(13-10)6-9-4-2-1-3-5-9/h7-9H,1-6H2,(H,12,13). The second-order valence-corrected chi connectivity index (χ2v) is 4.11. The number of imidazole rings is 1. The van der Waals surface area contributed by atoms with E-state index in [1.54, 1.807) is 6.20 Å². The SMILES string of the molecule is O=Cc1cnc(CC2CCCCC2)[nH]1. The normalized spacial score (nSPS) is 18.3. The molecule has 1 fully saturated rings. The van der Waals surface area contributed by atoms with E-state index in [0.717, 1.165) is 24.4 Å². The summed E-state index contributed by atoms with van der Waals surface area (Å²) in [7, 11) is 0. The summed E-state index contributed by atoms with van der Waals surface area (Å²) in [5, 5.41) is 0. The molecule has 1 aliphatic carbocycles. The van der Waals surface area contributed by atoms with E-state index in [4.69, 9.17) is 0 Å². The highest BCUT2D eigenvalue weighted by molar-refractivity contribution is 5.71. The quantitative estimate of drug-likeness (QED) is 0.747. The summed E-state index contributed by atoms with van der Waals surface area (Å²) in [4.78, 5) is 17.7. The Morgan fingerprint density at radius 2 is 2.21 bits per heavy atom. The molecule has 0 radical (unpaired) electrons. The molecule has 0 amide bonds. The van der Waals surface area contributed by atoms with E-state index in [2.05, 4.69) is 9.97 Å². The van der Waals surface area contributed by atoms with Gasteiger partial charge in [0.05, 0.1) is 11.9 Å². The van der Waals surface area contributed by atoms with Crippen LogP contribution in [0.4, 0.5) is 0 Å². The van der Waals surface area contributed by atoms with Crippen LogP contribution in [0.2, 0.25) is 0 Å². The molecular weight excluding hydrogens is 176 g/mol. The lowest BCUT2D eigenvalue weighted by Gasteiger charge is -2.20. The van der Waals surface area contributed by atoms with Gasteiger partial charge in [-0.15, -0.1) is 0 Å².